The first-order valence-electron chi connectivity index (χ1n) is 5.11. The van der Waals surface area contributed by atoms with Gasteiger partial charge in [-0.25, -0.2) is 0 Å². The van der Waals surface area contributed by atoms with E-state index in [9.17, 15) is 0 Å². The first-order valence-corrected chi connectivity index (χ1v) is 7.43. The molecule has 5 heteroatoms. The van der Waals surface area contributed by atoms with Crippen molar-refractivity contribution in [1.29, 1.82) is 0 Å². The van der Waals surface area contributed by atoms with Crippen LogP contribution in [0.5, 0.6) is 0 Å². The number of hydrogen-bond donors (Lipinski definition) is 0. The van der Waals surface area contributed by atoms with Gasteiger partial charge >= 0.3 is 0 Å². The molecule has 0 aromatic rings. The van der Waals surface area contributed by atoms with Crippen molar-refractivity contribution in [3.63, 3.8) is 0 Å². The van der Waals surface area contributed by atoms with Crippen LogP contribution >= 0.6 is 30.8 Å². The van der Waals surface area contributed by atoms with Gasteiger partial charge in [0.05, 0.1) is 7.85 Å². The Kier molecular flexibility index (Phi) is 6.16. The van der Waals surface area contributed by atoms with Gasteiger partial charge in [-0.3, -0.25) is 0 Å². The Hall–Kier alpha value is 1.35. The number of halogens is 1. The van der Waals surface area contributed by atoms with E-state index in [0.29, 0.717) is 0 Å². The van der Waals surface area contributed by atoms with Crippen LogP contribution in [0.3, 0.4) is 0 Å². The van der Waals surface area contributed by atoms with Crippen molar-refractivity contribution in [2.24, 2.45) is 0 Å². The largest absolute Gasteiger partial charge is 0.245 e. The summed E-state index contributed by atoms with van der Waals surface area (Å²) in [5, 5.41) is 0.0955. The Morgan fingerprint density at radius 1 is 1.29 bits per heavy atom. The minimum Gasteiger partial charge on any atom is -0.146 e. The zero-order valence-electron chi connectivity index (χ0n) is 10.2. The van der Waals surface area contributed by atoms with E-state index in [1.165, 1.54) is 0 Å². The van der Waals surface area contributed by atoms with Gasteiger partial charge in [0, 0.05) is 0 Å². The van der Waals surface area contributed by atoms with Gasteiger partial charge in [-0.15, -0.1) is 30.8 Å². The van der Waals surface area contributed by atoms with Crippen molar-refractivity contribution >= 4 is 50.2 Å². The van der Waals surface area contributed by atoms with Gasteiger partial charge in [-0.2, -0.15) is 0 Å². The second-order valence-electron chi connectivity index (χ2n) is 5.48. The van der Waals surface area contributed by atoms with Gasteiger partial charge in [0.15, 0.2) is 0 Å². The molecule has 14 heavy (non-hydrogen) atoms. The molecule has 0 nitrogen and oxygen atoms in total. The summed E-state index contributed by atoms with van der Waals surface area (Å²) in [7, 11) is 9.24. The molecule has 0 aliphatic heterocycles. The molecule has 0 saturated carbocycles. The van der Waals surface area contributed by atoms with E-state index in [2.05, 4.69) is 71.2 Å². The monoisotopic (exact) mass is 319 g/mol. The summed E-state index contributed by atoms with van der Waals surface area (Å²) in [6, 6.07) is 0. The van der Waals surface area contributed by atoms with Crippen LogP contribution in [-0.2, 0) is 0 Å². The maximum Gasteiger partial charge on any atom is 0.245 e. The molecule has 77 valence electrons. The van der Waals surface area contributed by atoms with E-state index in [1.54, 1.807) is 0 Å². The Labute approximate surface area is 107 Å². The van der Waals surface area contributed by atoms with Gasteiger partial charge in [-0.05, 0) is 0 Å². The van der Waals surface area contributed by atoms with Gasteiger partial charge < -0.3 is 0 Å². The summed E-state index contributed by atoms with van der Waals surface area (Å²) < 4.78 is 0.751. The molecule has 0 bridgehead atoms. The fourth-order valence-corrected chi connectivity index (χ4v) is 5.40. The maximum absolute atomic E-state index is 6.02. The van der Waals surface area contributed by atoms with Crippen molar-refractivity contribution in [3.05, 3.63) is 0 Å². The van der Waals surface area contributed by atoms with Gasteiger partial charge in [0.1, 0.15) is 7.28 Å². The Balaban J connectivity index is 4.20. The average Bonchev–Trinajstić information content (AvgIpc) is 1.78. The van der Waals surface area contributed by atoms with Gasteiger partial charge in [0.2, 0.25) is 4.29 Å². The molecule has 1 atom stereocenters. The van der Waals surface area contributed by atoms with Crippen molar-refractivity contribution in [3.8, 4) is 0 Å². The zero-order chi connectivity index (χ0) is 11.6. The quantitative estimate of drug-likeness (QED) is 0.411. The van der Waals surface area contributed by atoms with Crippen molar-refractivity contribution < 1.29 is 0 Å². The highest BCUT2D eigenvalue weighted by atomic mass is 127. The molecule has 0 heterocycles. The smallest absolute Gasteiger partial charge is 0.146 e. The molecular weight excluding hydrogens is 298 g/mol. The number of hydrogen-bond acceptors (Lipinski definition) is 0. The SMILES string of the molecule is [B]C(C)(C)[B]C(C)(C)PB(I)C(C)C. The molecule has 0 aliphatic rings. The van der Waals surface area contributed by atoms with E-state index in [4.69, 9.17) is 7.85 Å². The Bertz CT molecular complexity index is 177. The van der Waals surface area contributed by atoms with E-state index < -0.39 is 0 Å². The second-order valence-corrected chi connectivity index (χ2v) is 10.2. The molecule has 0 spiro atoms. The van der Waals surface area contributed by atoms with E-state index in [0.717, 1.165) is 18.6 Å². The van der Waals surface area contributed by atoms with Crippen LogP contribution < -0.4 is 0 Å². The van der Waals surface area contributed by atoms with Gasteiger partial charge in [0.25, 0.3) is 0 Å². The molecule has 0 fully saturated rings. The van der Waals surface area contributed by atoms with E-state index >= 15 is 0 Å². The Morgan fingerprint density at radius 3 is 2.00 bits per heavy atom. The molecule has 0 N–H and O–H groups in total. The highest BCUT2D eigenvalue weighted by molar-refractivity contribution is 14.1. The predicted molar refractivity (Wildman–Crippen MR) is 82.8 cm³/mol. The van der Waals surface area contributed by atoms with Gasteiger partial charge in [-0.1, -0.05) is 57.6 Å². The third-order valence-electron chi connectivity index (χ3n) is 1.83. The van der Waals surface area contributed by atoms with E-state index in [-0.39, 0.29) is 10.3 Å². The molecule has 0 amide bonds. The minimum absolute atomic E-state index is 0.163. The summed E-state index contributed by atoms with van der Waals surface area (Å²) in [6.07, 6.45) is 0. The lowest BCUT2D eigenvalue weighted by molar-refractivity contribution is 0.879. The lowest BCUT2D eigenvalue weighted by atomic mass is 9.39. The summed E-state index contributed by atoms with van der Waals surface area (Å²) in [6.45, 7) is 13.3. The standard InChI is InChI=1S/C9H20B3IP/c1-7(2)12(13)14-9(5,6)11-8(3,4)10/h7,14H,1-6H3. The molecule has 3 radical (unpaired) electrons. The average molecular weight is 319 g/mol. The molecule has 0 aliphatic carbocycles. The summed E-state index contributed by atoms with van der Waals surface area (Å²) in [4.78, 5) is 0. The molecule has 0 aromatic heterocycles. The molecule has 0 rings (SSSR count). The van der Waals surface area contributed by atoms with Crippen molar-refractivity contribution in [2.75, 3.05) is 0 Å². The third kappa shape index (κ3) is 7.62. The molecule has 0 aromatic carbocycles. The third-order valence-corrected chi connectivity index (χ3v) is 6.03. The van der Waals surface area contributed by atoms with Crippen LogP contribution in [0.15, 0.2) is 0 Å². The maximum atomic E-state index is 6.02. The van der Waals surface area contributed by atoms with Crippen LogP contribution in [-0.4, -0.2) is 24.5 Å². The lowest BCUT2D eigenvalue weighted by Crippen LogP contribution is -2.33. The van der Waals surface area contributed by atoms with Crippen LogP contribution in [0.1, 0.15) is 41.5 Å². The fourth-order valence-electron chi connectivity index (χ4n) is 1.49. The summed E-state index contributed by atoms with van der Waals surface area (Å²) in [5.74, 6) is 0.752. The normalized spacial score (nSPS) is 14.0. The molecular formula is C9H20B3IP. The van der Waals surface area contributed by atoms with Crippen LogP contribution in [0.4, 0.5) is 0 Å². The minimum atomic E-state index is -0.163. The predicted octanol–water partition coefficient (Wildman–Crippen LogP) is 3.76. The van der Waals surface area contributed by atoms with Crippen LogP contribution in [0.25, 0.3) is 0 Å². The fraction of sp³-hybridized carbons (Fsp3) is 1.00. The van der Waals surface area contributed by atoms with Crippen LogP contribution in [0.2, 0.25) is 11.0 Å². The summed E-state index contributed by atoms with van der Waals surface area (Å²) in [5.41, 5.74) is 0. The molecule has 1 unspecified atom stereocenters. The second kappa shape index (κ2) is 5.61. The molecule has 0 saturated heterocycles. The highest BCUT2D eigenvalue weighted by Gasteiger charge is 2.30. The first kappa shape index (κ1) is 15.4. The van der Waals surface area contributed by atoms with E-state index in [1.807, 2.05) is 0 Å². The Morgan fingerprint density at radius 2 is 1.71 bits per heavy atom. The van der Waals surface area contributed by atoms with Crippen molar-refractivity contribution in [2.45, 2.75) is 57.6 Å². The van der Waals surface area contributed by atoms with Crippen molar-refractivity contribution in [1.82, 2.24) is 0 Å². The first-order chi connectivity index (χ1) is 6.03. The van der Waals surface area contributed by atoms with Crippen LogP contribution in [0, 0.1) is 0 Å². The highest BCUT2D eigenvalue weighted by Crippen LogP contribution is 2.43. The lowest BCUT2D eigenvalue weighted by Gasteiger charge is -2.33. The summed E-state index contributed by atoms with van der Waals surface area (Å²) >= 11 is 2.56. The number of rotatable bonds is 5. The topological polar surface area (TPSA) is 0 Å². The zero-order valence-corrected chi connectivity index (χ0v) is 13.3.